The Hall–Kier alpha value is -2.73. The maximum Gasteiger partial charge on any atom is 0.326 e. The fourth-order valence-electron chi connectivity index (χ4n) is 3.60. The summed E-state index contributed by atoms with van der Waals surface area (Å²) in [6, 6.07) is 15.7. The number of carbonyl (C=O) groups is 2. The number of ether oxygens (including phenoxy) is 1. The van der Waals surface area contributed by atoms with E-state index in [1.165, 1.54) is 17.0 Å². The molecule has 2 aromatic carbocycles. The van der Waals surface area contributed by atoms with E-state index >= 15 is 0 Å². The van der Waals surface area contributed by atoms with E-state index in [1.54, 1.807) is 31.2 Å². The second-order valence-electron chi connectivity index (χ2n) is 6.80. The minimum atomic E-state index is -0.434. The molecule has 0 bridgehead atoms. The number of para-hydroxylation sites is 1. The average molecular weight is 384 g/mol. The zero-order valence-corrected chi connectivity index (χ0v) is 16.0. The van der Waals surface area contributed by atoms with Gasteiger partial charge in [0.15, 0.2) is 0 Å². The summed E-state index contributed by atoms with van der Waals surface area (Å²) in [4.78, 5) is 28.7. The molecule has 0 aliphatic carbocycles. The molecule has 1 atom stereocenters. The monoisotopic (exact) mass is 384 g/mol. The molecule has 5 nitrogen and oxygen atoms in total. The fraction of sp³-hybridized carbons (Fsp3) is 0.364. The number of anilines is 1. The lowest BCUT2D eigenvalue weighted by Gasteiger charge is -2.28. The number of esters is 1. The number of nitrogens with zero attached hydrogens (tertiary/aromatic N) is 2. The van der Waals surface area contributed by atoms with Crippen molar-refractivity contribution < 1.29 is 18.7 Å². The largest absolute Gasteiger partial charge is 0.465 e. The number of hydrogen-bond acceptors (Lipinski definition) is 4. The first-order chi connectivity index (χ1) is 13.6. The molecular weight excluding hydrogens is 359 g/mol. The molecule has 2 aromatic rings. The summed E-state index contributed by atoms with van der Waals surface area (Å²) in [5, 5.41) is 0. The average Bonchev–Trinajstić information content (AvgIpc) is 3.15. The van der Waals surface area contributed by atoms with E-state index in [-0.39, 0.29) is 37.5 Å². The number of hydrogen-bond donors (Lipinski definition) is 0. The lowest BCUT2D eigenvalue weighted by molar-refractivity contribution is -0.142. The lowest BCUT2D eigenvalue weighted by Crippen LogP contribution is -2.43. The summed E-state index contributed by atoms with van der Waals surface area (Å²) in [6.07, 6.45) is 1.89. The molecule has 1 saturated heterocycles. The van der Waals surface area contributed by atoms with Gasteiger partial charge in [0.2, 0.25) is 5.91 Å². The highest BCUT2D eigenvalue weighted by molar-refractivity contribution is 5.98. The summed E-state index contributed by atoms with van der Waals surface area (Å²) >= 11 is 0. The second kappa shape index (κ2) is 9.46. The van der Waals surface area contributed by atoms with Crippen molar-refractivity contribution in [3.8, 4) is 0 Å². The van der Waals surface area contributed by atoms with Crippen LogP contribution < -0.4 is 4.90 Å². The highest BCUT2D eigenvalue weighted by atomic mass is 19.1. The third-order valence-corrected chi connectivity index (χ3v) is 4.92. The molecule has 0 N–H and O–H groups in total. The Labute approximate surface area is 164 Å². The van der Waals surface area contributed by atoms with Crippen molar-refractivity contribution in [2.24, 2.45) is 0 Å². The van der Waals surface area contributed by atoms with E-state index in [0.717, 1.165) is 24.9 Å². The molecule has 6 heteroatoms. The van der Waals surface area contributed by atoms with Gasteiger partial charge in [0.1, 0.15) is 12.4 Å². The highest BCUT2D eigenvalue weighted by Gasteiger charge is 2.30. The van der Waals surface area contributed by atoms with Crippen LogP contribution in [0.25, 0.3) is 0 Å². The van der Waals surface area contributed by atoms with E-state index in [0.29, 0.717) is 5.69 Å². The van der Waals surface area contributed by atoms with Gasteiger partial charge in [-0.1, -0.05) is 30.3 Å². The fourth-order valence-corrected chi connectivity index (χ4v) is 3.60. The maximum absolute atomic E-state index is 13.2. The quantitative estimate of drug-likeness (QED) is 0.685. The Morgan fingerprint density at radius 3 is 2.54 bits per heavy atom. The summed E-state index contributed by atoms with van der Waals surface area (Å²) < 4.78 is 18.3. The van der Waals surface area contributed by atoms with E-state index in [1.807, 2.05) is 18.2 Å². The molecule has 0 aromatic heterocycles. The predicted octanol–water partition coefficient (Wildman–Crippen LogP) is 3.56. The molecule has 1 amide bonds. The van der Waals surface area contributed by atoms with Gasteiger partial charge in [0.25, 0.3) is 0 Å². The van der Waals surface area contributed by atoms with Gasteiger partial charge in [-0.05, 0) is 56.1 Å². The van der Waals surface area contributed by atoms with Gasteiger partial charge in [-0.3, -0.25) is 14.5 Å². The molecule has 1 aliphatic rings. The number of rotatable bonds is 7. The molecule has 1 aliphatic heterocycles. The van der Waals surface area contributed by atoms with Gasteiger partial charge < -0.3 is 9.64 Å². The molecule has 0 saturated carbocycles. The van der Waals surface area contributed by atoms with E-state index in [2.05, 4.69) is 4.90 Å². The number of amides is 1. The summed E-state index contributed by atoms with van der Waals surface area (Å²) in [5.74, 6) is -0.862. The molecule has 148 valence electrons. The van der Waals surface area contributed by atoms with Crippen LogP contribution in [-0.2, 0) is 14.3 Å². The summed E-state index contributed by atoms with van der Waals surface area (Å²) in [6.45, 7) is 2.87. The molecule has 1 heterocycles. The zero-order valence-electron chi connectivity index (χ0n) is 16.0. The minimum Gasteiger partial charge on any atom is -0.465 e. The first-order valence-corrected chi connectivity index (χ1v) is 9.59. The van der Waals surface area contributed by atoms with Crippen LogP contribution in [0.4, 0.5) is 10.1 Å². The SMILES string of the molecule is CCOC(=O)CN(C(=O)CN1CCC[C@@H]1c1ccc(F)cc1)c1ccccc1. The van der Waals surface area contributed by atoms with Crippen molar-refractivity contribution in [2.75, 3.05) is 31.1 Å². The van der Waals surface area contributed by atoms with Crippen LogP contribution in [0, 0.1) is 5.82 Å². The molecule has 3 rings (SSSR count). The van der Waals surface area contributed by atoms with Crippen LogP contribution in [-0.4, -0.2) is 43.0 Å². The Morgan fingerprint density at radius 2 is 1.86 bits per heavy atom. The lowest BCUT2D eigenvalue weighted by atomic mass is 10.0. The van der Waals surface area contributed by atoms with Crippen molar-refractivity contribution >= 4 is 17.6 Å². The Bertz CT molecular complexity index is 795. The molecule has 0 unspecified atom stereocenters. The van der Waals surface area contributed by atoms with Crippen molar-refractivity contribution in [1.82, 2.24) is 4.90 Å². The first kappa shape index (κ1) is 20.0. The molecule has 0 radical (unpaired) electrons. The zero-order chi connectivity index (χ0) is 19.9. The molecule has 28 heavy (non-hydrogen) atoms. The highest BCUT2D eigenvalue weighted by Crippen LogP contribution is 2.32. The Morgan fingerprint density at radius 1 is 1.14 bits per heavy atom. The first-order valence-electron chi connectivity index (χ1n) is 9.59. The Kier molecular flexibility index (Phi) is 6.76. The summed E-state index contributed by atoms with van der Waals surface area (Å²) in [5.41, 5.74) is 1.67. The van der Waals surface area contributed by atoms with Gasteiger partial charge in [0, 0.05) is 11.7 Å². The molecule has 1 fully saturated rings. The smallest absolute Gasteiger partial charge is 0.326 e. The van der Waals surface area contributed by atoms with Gasteiger partial charge in [-0.15, -0.1) is 0 Å². The van der Waals surface area contributed by atoms with Gasteiger partial charge in [0.05, 0.1) is 13.2 Å². The third-order valence-electron chi connectivity index (χ3n) is 4.92. The van der Waals surface area contributed by atoms with Crippen LogP contribution in [0.15, 0.2) is 54.6 Å². The Balaban J connectivity index is 1.75. The number of halogens is 1. The van der Waals surface area contributed by atoms with Gasteiger partial charge in [-0.25, -0.2) is 4.39 Å². The normalized spacial score (nSPS) is 16.7. The predicted molar refractivity (Wildman–Crippen MR) is 105 cm³/mol. The van der Waals surface area contributed by atoms with Crippen LogP contribution in [0.5, 0.6) is 0 Å². The van der Waals surface area contributed by atoms with Crippen LogP contribution >= 0.6 is 0 Å². The number of likely N-dealkylation sites (tertiary alicyclic amines) is 1. The maximum atomic E-state index is 13.2. The van der Waals surface area contributed by atoms with E-state index < -0.39 is 5.97 Å². The standard InChI is InChI=1S/C22H25FN2O3/c1-2-28-22(27)16-25(19-7-4-3-5-8-19)21(26)15-24-14-6-9-20(24)17-10-12-18(23)13-11-17/h3-5,7-8,10-13,20H,2,6,9,14-16H2,1H3/t20-/m1/s1. The molecular formula is C22H25FN2O3. The van der Waals surface area contributed by atoms with Crippen LogP contribution in [0.1, 0.15) is 31.4 Å². The summed E-state index contributed by atoms with van der Waals surface area (Å²) in [7, 11) is 0. The van der Waals surface area contributed by atoms with Crippen molar-refractivity contribution in [3.05, 3.63) is 66.0 Å². The van der Waals surface area contributed by atoms with Gasteiger partial charge >= 0.3 is 5.97 Å². The number of carbonyl (C=O) groups excluding carboxylic acids is 2. The van der Waals surface area contributed by atoms with E-state index in [9.17, 15) is 14.0 Å². The topological polar surface area (TPSA) is 49.9 Å². The van der Waals surface area contributed by atoms with E-state index in [4.69, 9.17) is 4.74 Å². The van der Waals surface area contributed by atoms with Crippen LogP contribution in [0.2, 0.25) is 0 Å². The van der Waals surface area contributed by atoms with Crippen molar-refractivity contribution in [3.63, 3.8) is 0 Å². The van der Waals surface area contributed by atoms with Crippen molar-refractivity contribution in [2.45, 2.75) is 25.8 Å². The third kappa shape index (κ3) is 4.95. The minimum absolute atomic E-state index is 0.0739. The van der Waals surface area contributed by atoms with Gasteiger partial charge in [-0.2, -0.15) is 0 Å². The molecule has 0 spiro atoms. The van der Waals surface area contributed by atoms with Crippen LogP contribution in [0.3, 0.4) is 0 Å². The second-order valence-corrected chi connectivity index (χ2v) is 6.80. The van der Waals surface area contributed by atoms with Crippen molar-refractivity contribution in [1.29, 1.82) is 0 Å². The number of benzene rings is 2.